The maximum atomic E-state index is 6.00. The van der Waals surface area contributed by atoms with E-state index >= 15 is 0 Å². The van der Waals surface area contributed by atoms with Gasteiger partial charge in [0.05, 0.1) is 0 Å². The van der Waals surface area contributed by atoms with Crippen LogP contribution in [0.4, 0.5) is 0 Å². The molecule has 0 aromatic rings. The van der Waals surface area contributed by atoms with Gasteiger partial charge in [0.1, 0.15) is 0 Å². The summed E-state index contributed by atoms with van der Waals surface area (Å²) in [6.45, 7) is 0. The number of hydrogen-bond donors (Lipinski definition) is 1. The summed E-state index contributed by atoms with van der Waals surface area (Å²) in [5.41, 5.74) is 8.60. The van der Waals surface area contributed by atoms with E-state index < -0.39 is 0 Å². The van der Waals surface area contributed by atoms with Crippen molar-refractivity contribution in [1.82, 2.24) is 0 Å². The molecule has 2 unspecified atom stereocenters. The van der Waals surface area contributed by atoms with Crippen LogP contribution in [0, 0.1) is 11.3 Å². The van der Waals surface area contributed by atoms with Gasteiger partial charge < -0.3 is 5.73 Å². The van der Waals surface area contributed by atoms with E-state index in [-0.39, 0.29) is 5.41 Å². The Kier molecular flexibility index (Phi) is 0.912. The number of rotatable bonds is 0. The summed E-state index contributed by atoms with van der Waals surface area (Å²) in [6, 6.07) is 0. The minimum Gasteiger partial charge on any atom is -0.401 e. The van der Waals surface area contributed by atoms with Crippen LogP contribution in [-0.4, -0.2) is 0 Å². The lowest BCUT2D eigenvalue weighted by atomic mass is 9.73. The van der Waals surface area contributed by atoms with Crippen LogP contribution in [0.3, 0.4) is 0 Å². The highest BCUT2D eigenvalue weighted by Crippen LogP contribution is 2.54. The highest BCUT2D eigenvalue weighted by atomic mass is 14.7. The first-order chi connectivity index (χ1) is 5.81. The third-order valence-corrected chi connectivity index (χ3v) is 3.19. The van der Waals surface area contributed by atoms with Gasteiger partial charge in [0.25, 0.3) is 0 Å². The van der Waals surface area contributed by atoms with E-state index in [0.29, 0.717) is 5.92 Å². The van der Waals surface area contributed by atoms with Gasteiger partial charge in [0.15, 0.2) is 0 Å². The molecule has 0 saturated heterocycles. The van der Waals surface area contributed by atoms with Gasteiger partial charge in [-0.05, 0) is 18.1 Å². The first kappa shape index (κ1) is 6.30. The van der Waals surface area contributed by atoms with Crippen LogP contribution in [0.25, 0.3) is 0 Å². The largest absolute Gasteiger partial charge is 0.401 e. The summed E-state index contributed by atoms with van der Waals surface area (Å²) < 4.78 is 0. The van der Waals surface area contributed by atoms with Crippen LogP contribution in [0.5, 0.6) is 0 Å². The molecule has 2 bridgehead atoms. The van der Waals surface area contributed by atoms with Crippen molar-refractivity contribution in [2.75, 3.05) is 0 Å². The van der Waals surface area contributed by atoms with E-state index in [1.54, 1.807) is 0 Å². The fourth-order valence-electron chi connectivity index (χ4n) is 2.53. The highest BCUT2D eigenvalue weighted by molar-refractivity contribution is 5.50. The third kappa shape index (κ3) is 0.523. The standard InChI is InChI=1S/C11H11N/c12-10-6-8-5-9-3-1-2-4-11(9,10)7-8/h1-6,9H,7,12H2. The zero-order chi connectivity index (χ0) is 8.18. The normalized spacial score (nSPS) is 41.2. The third-order valence-electron chi connectivity index (χ3n) is 3.19. The molecule has 3 aliphatic carbocycles. The number of fused-ring (bicyclic) bond motifs is 1. The Morgan fingerprint density at radius 2 is 2.33 bits per heavy atom. The van der Waals surface area contributed by atoms with Crippen LogP contribution in [0.2, 0.25) is 0 Å². The van der Waals surface area contributed by atoms with Gasteiger partial charge in [-0.2, -0.15) is 0 Å². The molecule has 0 heterocycles. The van der Waals surface area contributed by atoms with Crippen LogP contribution in [0.15, 0.2) is 47.7 Å². The first-order valence-corrected chi connectivity index (χ1v) is 4.36. The Bertz CT molecular complexity index is 357. The summed E-state index contributed by atoms with van der Waals surface area (Å²) in [7, 11) is 0. The van der Waals surface area contributed by atoms with Gasteiger partial charge in [-0.1, -0.05) is 30.4 Å². The molecule has 0 radical (unpaired) electrons. The smallest absolute Gasteiger partial charge is 0.0418 e. The van der Waals surface area contributed by atoms with Crippen molar-refractivity contribution in [3.05, 3.63) is 47.7 Å². The summed E-state index contributed by atoms with van der Waals surface area (Å²) >= 11 is 0. The molecule has 3 aliphatic rings. The summed E-state index contributed by atoms with van der Waals surface area (Å²) in [5.74, 6) is 0.530. The molecule has 1 spiro atoms. The van der Waals surface area contributed by atoms with Gasteiger partial charge in [0, 0.05) is 17.0 Å². The molecule has 2 atom stereocenters. The quantitative estimate of drug-likeness (QED) is 0.571. The van der Waals surface area contributed by atoms with Gasteiger partial charge in [-0.25, -0.2) is 0 Å². The average Bonchev–Trinajstić information content (AvgIpc) is 2.55. The lowest BCUT2D eigenvalue weighted by Gasteiger charge is -2.31. The molecule has 0 aromatic heterocycles. The Morgan fingerprint density at radius 1 is 1.42 bits per heavy atom. The molecular weight excluding hydrogens is 146 g/mol. The van der Waals surface area contributed by atoms with Crippen molar-refractivity contribution in [1.29, 1.82) is 0 Å². The minimum atomic E-state index is 0.143. The Hall–Kier alpha value is -1.24. The second kappa shape index (κ2) is 1.74. The lowest BCUT2D eigenvalue weighted by molar-refractivity contribution is 0.419. The van der Waals surface area contributed by atoms with Crippen molar-refractivity contribution in [3.63, 3.8) is 0 Å². The Balaban J connectivity index is 2.21. The van der Waals surface area contributed by atoms with Crippen molar-refractivity contribution < 1.29 is 0 Å². The van der Waals surface area contributed by atoms with Crippen LogP contribution >= 0.6 is 0 Å². The van der Waals surface area contributed by atoms with Crippen LogP contribution < -0.4 is 5.73 Å². The van der Waals surface area contributed by atoms with Gasteiger partial charge >= 0.3 is 0 Å². The van der Waals surface area contributed by atoms with E-state index in [0.717, 1.165) is 12.1 Å². The van der Waals surface area contributed by atoms with E-state index in [2.05, 4.69) is 36.5 Å². The summed E-state index contributed by atoms with van der Waals surface area (Å²) in [5, 5.41) is 0. The Morgan fingerprint density at radius 3 is 3.08 bits per heavy atom. The average molecular weight is 157 g/mol. The number of nitrogens with two attached hydrogens (primary N) is 1. The van der Waals surface area contributed by atoms with E-state index in [1.807, 2.05) is 0 Å². The summed E-state index contributed by atoms with van der Waals surface area (Å²) in [6.07, 6.45) is 14.3. The number of allylic oxidation sites excluding steroid dienone is 7. The van der Waals surface area contributed by atoms with Crippen LogP contribution in [-0.2, 0) is 0 Å². The Labute approximate surface area is 72.0 Å². The topological polar surface area (TPSA) is 26.0 Å². The van der Waals surface area contributed by atoms with Crippen LogP contribution in [0.1, 0.15) is 6.42 Å². The van der Waals surface area contributed by atoms with Crippen molar-refractivity contribution in [2.45, 2.75) is 6.42 Å². The molecule has 0 aliphatic heterocycles. The molecule has 0 aromatic carbocycles. The molecule has 3 rings (SSSR count). The second-order valence-electron chi connectivity index (χ2n) is 3.83. The van der Waals surface area contributed by atoms with Gasteiger partial charge in [-0.15, -0.1) is 0 Å². The summed E-state index contributed by atoms with van der Waals surface area (Å²) in [4.78, 5) is 0. The second-order valence-corrected chi connectivity index (χ2v) is 3.83. The maximum Gasteiger partial charge on any atom is 0.0418 e. The monoisotopic (exact) mass is 157 g/mol. The predicted molar refractivity (Wildman–Crippen MR) is 49.2 cm³/mol. The van der Waals surface area contributed by atoms with E-state index in [1.165, 1.54) is 5.57 Å². The molecule has 2 N–H and O–H groups in total. The molecular formula is C11H11N. The zero-order valence-corrected chi connectivity index (χ0v) is 6.83. The van der Waals surface area contributed by atoms with E-state index in [9.17, 15) is 0 Å². The van der Waals surface area contributed by atoms with Crippen molar-refractivity contribution >= 4 is 0 Å². The predicted octanol–water partition coefficient (Wildman–Crippen LogP) is 1.90. The molecule has 0 amide bonds. The molecule has 60 valence electrons. The maximum absolute atomic E-state index is 6.00. The minimum absolute atomic E-state index is 0.143. The van der Waals surface area contributed by atoms with Crippen molar-refractivity contribution in [3.8, 4) is 0 Å². The van der Waals surface area contributed by atoms with Gasteiger partial charge in [0.2, 0.25) is 0 Å². The molecule has 12 heavy (non-hydrogen) atoms. The van der Waals surface area contributed by atoms with Crippen molar-refractivity contribution in [2.24, 2.45) is 17.1 Å². The molecule has 1 heteroatoms. The SMILES string of the molecule is NC1=CC2=CC3C=CC=CC13C2. The highest BCUT2D eigenvalue weighted by Gasteiger charge is 2.46. The molecule has 1 nitrogen and oxygen atoms in total. The molecule has 0 fully saturated rings. The fraction of sp³-hybridized carbons (Fsp3) is 0.273. The van der Waals surface area contributed by atoms with E-state index in [4.69, 9.17) is 5.73 Å². The lowest BCUT2D eigenvalue weighted by Crippen LogP contribution is -2.29. The fourth-order valence-corrected chi connectivity index (χ4v) is 2.53. The number of hydrogen-bond acceptors (Lipinski definition) is 1. The first-order valence-electron chi connectivity index (χ1n) is 4.36. The molecule has 0 saturated carbocycles. The zero-order valence-electron chi connectivity index (χ0n) is 6.83. The van der Waals surface area contributed by atoms with Gasteiger partial charge in [-0.3, -0.25) is 0 Å².